The van der Waals surface area contributed by atoms with Crippen molar-refractivity contribution in [3.63, 3.8) is 0 Å². The molecular weight excluding hydrogens is 326 g/mol. The minimum Gasteiger partial charge on any atom is -0.477 e. The quantitative estimate of drug-likeness (QED) is 0.576. The molecular formula is C16H20F2O6. The maximum absolute atomic E-state index is 13.7. The number of benzene rings is 1. The van der Waals surface area contributed by atoms with E-state index in [1.165, 1.54) is 45.2 Å². The molecule has 1 aromatic carbocycles. The molecule has 1 aromatic rings. The third-order valence-electron chi connectivity index (χ3n) is 3.21. The predicted molar refractivity (Wildman–Crippen MR) is 80.2 cm³/mol. The van der Waals surface area contributed by atoms with Gasteiger partial charge in [0.25, 0.3) is 0 Å². The number of halogens is 2. The lowest BCUT2D eigenvalue weighted by Gasteiger charge is -2.26. The van der Waals surface area contributed by atoms with Gasteiger partial charge in [-0.3, -0.25) is 0 Å². The Bertz CT molecular complexity index is 570. The molecule has 24 heavy (non-hydrogen) atoms. The zero-order chi connectivity index (χ0) is 18.5. The van der Waals surface area contributed by atoms with Crippen LogP contribution in [0.2, 0.25) is 0 Å². The Labute approximate surface area is 138 Å². The van der Waals surface area contributed by atoms with E-state index in [4.69, 9.17) is 19.3 Å². The summed E-state index contributed by atoms with van der Waals surface area (Å²) in [5.74, 6) is -8.03. The van der Waals surface area contributed by atoms with Crippen molar-refractivity contribution >= 4 is 11.9 Å². The molecule has 0 aliphatic rings. The van der Waals surface area contributed by atoms with Gasteiger partial charge in [0.2, 0.25) is 0 Å². The van der Waals surface area contributed by atoms with Crippen molar-refractivity contribution in [2.24, 2.45) is 5.92 Å². The molecule has 0 heterocycles. The highest BCUT2D eigenvalue weighted by Crippen LogP contribution is 2.28. The first-order valence-electron chi connectivity index (χ1n) is 7.21. The molecule has 2 atom stereocenters. The molecule has 0 spiro atoms. The Kier molecular flexibility index (Phi) is 6.65. The first-order valence-corrected chi connectivity index (χ1v) is 7.21. The number of hydrogen-bond acceptors (Lipinski definition) is 5. The van der Waals surface area contributed by atoms with Gasteiger partial charge in [0.15, 0.2) is 12.4 Å². The van der Waals surface area contributed by atoms with Gasteiger partial charge in [0.1, 0.15) is 5.75 Å². The maximum Gasteiger partial charge on any atom is 0.378 e. The monoisotopic (exact) mass is 346 g/mol. The highest BCUT2D eigenvalue weighted by atomic mass is 19.3. The highest BCUT2D eigenvalue weighted by Gasteiger charge is 2.51. The summed E-state index contributed by atoms with van der Waals surface area (Å²) in [7, 11) is 1.46. The van der Waals surface area contributed by atoms with E-state index in [9.17, 15) is 18.4 Å². The van der Waals surface area contributed by atoms with Gasteiger partial charge in [0, 0.05) is 7.11 Å². The molecule has 0 fully saturated rings. The summed E-state index contributed by atoms with van der Waals surface area (Å²) in [5.41, 5.74) is -0.000686. The average Bonchev–Trinajstić information content (AvgIpc) is 2.52. The molecule has 0 aliphatic carbocycles. The van der Waals surface area contributed by atoms with Crippen LogP contribution in [-0.4, -0.2) is 42.5 Å². The lowest BCUT2D eigenvalue weighted by Crippen LogP contribution is -2.47. The second-order valence-electron chi connectivity index (χ2n) is 5.44. The number of carboxylic acid groups (broad SMARTS) is 1. The third-order valence-corrected chi connectivity index (χ3v) is 3.21. The number of carboxylic acids is 1. The van der Waals surface area contributed by atoms with Crippen LogP contribution in [0.4, 0.5) is 8.78 Å². The predicted octanol–water partition coefficient (Wildman–Crippen LogP) is 2.96. The van der Waals surface area contributed by atoms with Crippen LogP contribution in [0, 0.1) is 5.92 Å². The molecule has 1 N–H and O–H groups in total. The van der Waals surface area contributed by atoms with Gasteiger partial charge in [-0.1, -0.05) is 13.8 Å². The number of hydrogen-bond donors (Lipinski definition) is 1. The number of esters is 1. The van der Waals surface area contributed by atoms with Crippen LogP contribution < -0.4 is 4.74 Å². The van der Waals surface area contributed by atoms with E-state index in [1.54, 1.807) is 6.92 Å². The van der Waals surface area contributed by atoms with Gasteiger partial charge in [-0.25, -0.2) is 9.59 Å². The van der Waals surface area contributed by atoms with Crippen molar-refractivity contribution in [2.75, 3.05) is 7.11 Å². The lowest BCUT2D eigenvalue weighted by molar-refractivity contribution is -0.187. The molecule has 0 aromatic heterocycles. The second kappa shape index (κ2) is 8.05. The Morgan fingerprint density at radius 2 is 1.67 bits per heavy atom. The Hall–Kier alpha value is -2.22. The fraction of sp³-hybridized carbons (Fsp3) is 0.500. The van der Waals surface area contributed by atoms with Gasteiger partial charge < -0.3 is 19.3 Å². The van der Waals surface area contributed by atoms with Crippen LogP contribution in [-0.2, 0) is 14.3 Å². The molecule has 134 valence electrons. The number of ether oxygens (including phenoxy) is 3. The first-order chi connectivity index (χ1) is 11.1. The number of rotatable bonds is 8. The zero-order valence-electron chi connectivity index (χ0n) is 13.8. The standard InChI is InChI=1S/C16H20F2O6/c1-9(2)13(16(17,18)15(20)21)24-14(19)11-5-7-12(8-6-11)23-10(3)22-4/h5-10,13H,1-4H3,(H,20,21). The van der Waals surface area contributed by atoms with E-state index in [0.29, 0.717) is 5.75 Å². The van der Waals surface area contributed by atoms with Gasteiger partial charge in [-0.05, 0) is 37.1 Å². The highest BCUT2D eigenvalue weighted by molar-refractivity contribution is 5.90. The molecule has 0 saturated heterocycles. The SMILES string of the molecule is COC(C)Oc1ccc(C(=O)OC(C(C)C)C(F)(F)C(=O)O)cc1. The molecule has 0 aliphatic heterocycles. The van der Waals surface area contributed by atoms with Crippen molar-refractivity contribution in [1.29, 1.82) is 0 Å². The van der Waals surface area contributed by atoms with Crippen LogP contribution >= 0.6 is 0 Å². The van der Waals surface area contributed by atoms with E-state index in [1.807, 2.05) is 0 Å². The van der Waals surface area contributed by atoms with E-state index in [2.05, 4.69) is 0 Å². The fourth-order valence-electron chi connectivity index (χ4n) is 1.84. The van der Waals surface area contributed by atoms with E-state index in [0.717, 1.165) is 0 Å². The summed E-state index contributed by atoms with van der Waals surface area (Å²) in [6, 6.07) is 5.56. The van der Waals surface area contributed by atoms with Crippen molar-refractivity contribution in [2.45, 2.75) is 39.1 Å². The van der Waals surface area contributed by atoms with Crippen LogP contribution in [0.15, 0.2) is 24.3 Å². The van der Waals surface area contributed by atoms with Gasteiger partial charge in [-0.2, -0.15) is 8.78 Å². The van der Waals surface area contributed by atoms with Crippen molar-refractivity contribution in [3.05, 3.63) is 29.8 Å². The lowest BCUT2D eigenvalue weighted by atomic mass is 10.0. The van der Waals surface area contributed by atoms with Crippen LogP contribution in [0.5, 0.6) is 5.75 Å². The Morgan fingerprint density at radius 3 is 2.08 bits per heavy atom. The van der Waals surface area contributed by atoms with Crippen molar-refractivity contribution < 1.29 is 37.7 Å². The average molecular weight is 346 g/mol. The normalized spacial score (nSPS) is 14.1. The van der Waals surface area contributed by atoms with Crippen LogP contribution in [0.1, 0.15) is 31.1 Å². The molecule has 0 bridgehead atoms. The second-order valence-corrected chi connectivity index (χ2v) is 5.44. The minimum atomic E-state index is -4.18. The maximum atomic E-state index is 13.7. The first kappa shape index (κ1) is 19.8. The minimum absolute atomic E-state index is 0.000686. The molecule has 0 radical (unpaired) electrons. The van der Waals surface area contributed by atoms with Gasteiger partial charge in [-0.15, -0.1) is 0 Å². The van der Waals surface area contributed by atoms with Crippen LogP contribution in [0.25, 0.3) is 0 Å². The zero-order valence-corrected chi connectivity index (χ0v) is 13.8. The summed E-state index contributed by atoms with van der Waals surface area (Å²) in [6.45, 7) is 4.36. The Balaban J connectivity index is 2.87. The number of aliphatic carboxylic acids is 1. The van der Waals surface area contributed by atoms with Crippen LogP contribution in [0.3, 0.4) is 0 Å². The summed E-state index contributed by atoms with van der Waals surface area (Å²) in [5, 5.41) is 8.62. The molecule has 1 rings (SSSR count). The largest absolute Gasteiger partial charge is 0.477 e. The molecule has 0 amide bonds. The van der Waals surface area contributed by atoms with Crippen molar-refractivity contribution in [3.8, 4) is 5.75 Å². The summed E-state index contributed by atoms with van der Waals surface area (Å²) < 4.78 is 42.3. The summed E-state index contributed by atoms with van der Waals surface area (Å²) >= 11 is 0. The molecule has 2 unspecified atom stereocenters. The summed E-state index contributed by atoms with van der Waals surface area (Å²) in [4.78, 5) is 22.7. The van der Waals surface area contributed by atoms with E-state index >= 15 is 0 Å². The third kappa shape index (κ3) is 4.89. The van der Waals surface area contributed by atoms with Gasteiger partial charge >= 0.3 is 17.9 Å². The number of methoxy groups -OCH3 is 1. The number of alkyl halides is 2. The molecule has 8 heteroatoms. The summed E-state index contributed by atoms with van der Waals surface area (Å²) in [6.07, 6.45) is -2.57. The smallest absolute Gasteiger partial charge is 0.378 e. The Morgan fingerprint density at radius 1 is 1.12 bits per heavy atom. The number of carbonyl (C=O) groups excluding carboxylic acids is 1. The van der Waals surface area contributed by atoms with Gasteiger partial charge in [0.05, 0.1) is 5.56 Å². The number of carbonyl (C=O) groups is 2. The topological polar surface area (TPSA) is 82.1 Å². The van der Waals surface area contributed by atoms with E-state index < -0.39 is 36.2 Å². The van der Waals surface area contributed by atoms with E-state index in [-0.39, 0.29) is 5.56 Å². The molecule has 0 saturated carbocycles. The fourth-order valence-corrected chi connectivity index (χ4v) is 1.84. The molecule has 6 nitrogen and oxygen atoms in total. The van der Waals surface area contributed by atoms with Crippen molar-refractivity contribution in [1.82, 2.24) is 0 Å².